The van der Waals surface area contributed by atoms with Crippen molar-refractivity contribution in [3.05, 3.63) is 66.5 Å². The molecule has 0 unspecified atom stereocenters. The lowest BCUT2D eigenvalue weighted by Crippen LogP contribution is -2.31. The molecule has 1 atom stereocenters. The van der Waals surface area contributed by atoms with E-state index in [1.807, 2.05) is 36.4 Å². The highest BCUT2D eigenvalue weighted by molar-refractivity contribution is 5.94. The maximum atomic E-state index is 12.3. The third-order valence-corrected chi connectivity index (χ3v) is 4.88. The topological polar surface area (TPSA) is 82.6 Å². The molecule has 3 aromatic rings. The van der Waals surface area contributed by atoms with Crippen molar-refractivity contribution in [2.45, 2.75) is 18.9 Å². The summed E-state index contributed by atoms with van der Waals surface area (Å²) < 4.78 is 16.5. The summed E-state index contributed by atoms with van der Waals surface area (Å²) in [5.41, 5.74) is 2.17. The summed E-state index contributed by atoms with van der Waals surface area (Å²) in [6.45, 7) is 1.32. The highest BCUT2D eigenvalue weighted by Crippen LogP contribution is 2.25. The van der Waals surface area contributed by atoms with Gasteiger partial charge < -0.3 is 19.5 Å². The van der Waals surface area contributed by atoms with E-state index in [1.54, 1.807) is 25.3 Å². The number of amides is 1. The molecule has 7 heteroatoms. The van der Waals surface area contributed by atoms with E-state index in [0.29, 0.717) is 29.4 Å². The first-order chi connectivity index (χ1) is 14.7. The van der Waals surface area contributed by atoms with E-state index >= 15 is 0 Å². The third-order valence-electron chi connectivity index (χ3n) is 4.88. The fraction of sp³-hybridized carbons (Fsp3) is 0.261. The van der Waals surface area contributed by atoms with Gasteiger partial charge >= 0.3 is 0 Å². The second-order valence-electron chi connectivity index (χ2n) is 6.94. The number of ether oxygens (including phenoxy) is 3. The second-order valence-corrected chi connectivity index (χ2v) is 6.94. The Hall–Kier alpha value is -3.45. The van der Waals surface area contributed by atoms with Crippen LogP contribution < -0.4 is 14.8 Å². The first-order valence-corrected chi connectivity index (χ1v) is 9.85. The molecule has 1 amide bonds. The Kier molecular flexibility index (Phi) is 6.20. The van der Waals surface area contributed by atoms with Crippen LogP contribution in [0.1, 0.15) is 23.2 Å². The van der Waals surface area contributed by atoms with Gasteiger partial charge in [-0.1, -0.05) is 12.1 Å². The van der Waals surface area contributed by atoms with Crippen molar-refractivity contribution in [2.24, 2.45) is 0 Å². The van der Waals surface area contributed by atoms with Gasteiger partial charge in [-0.25, -0.2) is 9.97 Å². The number of benzene rings is 2. The Labute approximate surface area is 175 Å². The van der Waals surface area contributed by atoms with Crippen molar-refractivity contribution >= 4 is 5.91 Å². The maximum absolute atomic E-state index is 12.3. The van der Waals surface area contributed by atoms with Crippen LogP contribution in [-0.4, -0.2) is 42.2 Å². The average molecular weight is 405 g/mol. The van der Waals surface area contributed by atoms with E-state index < -0.39 is 0 Å². The van der Waals surface area contributed by atoms with Gasteiger partial charge in [0, 0.05) is 30.3 Å². The molecule has 4 rings (SSSR count). The van der Waals surface area contributed by atoms with E-state index in [-0.39, 0.29) is 12.0 Å². The quantitative estimate of drug-likeness (QED) is 0.643. The molecule has 0 spiro atoms. The Morgan fingerprint density at radius 1 is 1.10 bits per heavy atom. The molecule has 1 aromatic heterocycles. The van der Waals surface area contributed by atoms with Crippen LogP contribution >= 0.6 is 0 Å². The normalized spacial score (nSPS) is 15.6. The fourth-order valence-electron chi connectivity index (χ4n) is 3.22. The lowest BCUT2D eigenvalue weighted by atomic mass is 10.1. The number of rotatable bonds is 7. The van der Waals surface area contributed by atoms with Crippen LogP contribution in [0.3, 0.4) is 0 Å². The van der Waals surface area contributed by atoms with Crippen molar-refractivity contribution < 1.29 is 19.0 Å². The van der Waals surface area contributed by atoms with Crippen LogP contribution in [0.4, 0.5) is 0 Å². The molecule has 0 bridgehead atoms. The molecule has 154 valence electrons. The van der Waals surface area contributed by atoms with Gasteiger partial charge in [-0.3, -0.25) is 4.79 Å². The number of carbonyl (C=O) groups excluding carboxylic acids is 1. The number of carbonyl (C=O) groups is 1. The molecule has 30 heavy (non-hydrogen) atoms. The summed E-state index contributed by atoms with van der Waals surface area (Å²) in [6.07, 6.45) is 3.63. The summed E-state index contributed by atoms with van der Waals surface area (Å²) in [5.74, 6) is 1.73. The SMILES string of the molecule is COc1ccc(Oc2cc(-c3ccc(C(=O)NC[C@H]4CCCO4)cc3)ncn2)cc1. The van der Waals surface area contributed by atoms with Gasteiger partial charge in [0.15, 0.2) is 0 Å². The smallest absolute Gasteiger partial charge is 0.251 e. The molecule has 2 aromatic carbocycles. The van der Waals surface area contributed by atoms with Crippen molar-refractivity contribution in [2.75, 3.05) is 20.3 Å². The van der Waals surface area contributed by atoms with E-state index in [9.17, 15) is 4.79 Å². The Morgan fingerprint density at radius 2 is 1.87 bits per heavy atom. The fourth-order valence-corrected chi connectivity index (χ4v) is 3.22. The van der Waals surface area contributed by atoms with Gasteiger partial charge in [-0.05, 0) is 49.2 Å². The minimum Gasteiger partial charge on any atom is -0.497 e. The highest BCUT2D eigenvalue weighted by atomic mass is 16.5. The molecular weight excluding hydrogens is 382 g/mol. The minimum absolute atomic E-state index is 0.108. The van der Waals surface area contributed by atoms with E-state index in [4.69, 9.17) is 14.2 Å². The number of aromatic nitrogens is 2. The van der Waals surface area contributed by atoms with Gasteiger partial charge in [0.25, 0.3) is 5.91 Å². The molecule has 1 saturated heterocycles. The number of nitrogens with one attached hydrogen (secondary N) is 1. The molecule has 0 radical (unpaired) electrons. The van der Waals surface area contributed by atoms with Gasteiger partial charge in [-0.15, -0.1) is 0 Å². The largest absolute Gasteiger partial charge is 0.497 e. The Morgan fingerprint density at radius 3 is 2.57 bits per heavy atom. The molecular formula is C23H23N3O4. The van der Waals surface area contributed by atoms with E-state index in [1.165, 1.54) is 6.33 Å². The van der Waals surface area contributed by atoms with Crippen molar-refractivity contribution in [1.29, 1.82) is 0 Å². The molecule has 7 nitrogen and oxygen atoms in total. The molecule has 1 aliphatic heterocycles. The van der Waals surface area contributed by atoms with Crippen LogP contribution in [-0.2, 0) is 4.74 Å². The van der Waals surface area contributed by atoms with Gasteiger partial charge in [0.05, 0.1) is 18.9 Å². The molecule has 2 heterocycles. The lowest BCUT2D eigenvalue weighted by Gasteiger charge is -2.11. The third kappa shape index (κ3) is 4.93. The highest BCUT2D eigenvalue weighted by Gasteiger charge is 2.16. The molecule has 0 aliphatic carbocycles. The monoisotopic (exact) mass is 405 g/mol. The van der Waals surface area contributed by atoms with Crippen LogP contribution in [0.15, 0.2) is 60.9 Å². The van der Waals surface area contributed by atoms with Gasteiger partial charge in [-0.2, -0.15) is 0 Å². The predicted molar refractivity (Wildman–Crippen MR) is 112 cm³/mol. The molecule has 1 N–H and O–H groups in total. The zero-order chi connectivity index (χ0) is 20.8. The maximum Gasteiger partial charge on any atom is 0.251 e. The zero-order valence-electron chi connectivity index (χ0n) is 16.7. The number of hydrogen-bond donors (Lipinski definition) is 1. The van der Waals surface area contributed by atoms with Gasteiger partial charge in [0.1, 0.15) is 17.8 Å². The Balaban J connectivity index is 1.40. The average Bonchev–Trinajstić information content (AvgIpc) is 3.32. The Bertz CT molecular complexity index is 984. The molecule has 0 saturated carbocycles. The first-order valence-electron chi connectivity index (χ1n) is 9.85. The van der Waals surface area contributed by atoms with Crippen molar-refractivity contribution in [3.63, 3.8) is 0 Å². The van der Waals surface area contributed by atoms with Crippen LogP contribution in [0, 0.1) is 0 Å². The molecule has 1 aliphatic rings. The van der Waals surface area contributed by atoms with Crippen LogP contribution in [0.2, 0.25) is 0 Å². The summed E-state index contributed by atoms with van der Waals surface area (Å²) in [7, 11) is 1.62. The number of nitrogens with zero attached hydrogens (tertiary/aromatic N) is 2. The predicted octanol–water partition coefficient (Wildman–Crippen LogP) is 3.85. The lowest BCUT2D eigenvalue weighted by molar-refractivity contribution is 0.0858. The summed E-state index contributed by atoms with van der Waals surface area (Å²) in [5, 5.41) is 2.93. The van der Waals surface area contributed by atoms with E-state index in [2.05, 4.69) is 15.3 Å². The first kappa shape index (κ1) is 19.8. The minimum atomic E-state index is -0.108. The zero-order valence-corrected chi connectivity index (χ0v) is 16.7. The van der Waals surface area contributed by atoms with Crippen molar-refractivity contribution in [1.82, 2.24) is 15.3 Å². The number of methoxy groups -OCH3 is 1. The molecule has 1 fully saturated rings. The van der Waals surface area contributed by atoms with Crippen LogP contribution in [0.25, 0.3) is 11.3 Å². The van der Waals surface area contributed by atoms with Crippen LogP contribution in [0.5, 0.6) is 17.4 Å². The second kappa shape index (κ2) is 9.37. The standard InChI is InChI=1S/C23H23N3O4/c1-28-18-8-10-19(11-9-18)30-22-13-21(25-15-26-22)16-4-6-17(7-5-16)23(27)24-14-20-3-2-12-29-20/h4-11,13,15,20H,2-3,12,14H2,1H3,(H,24,27)/t20-/m1/s1. The summed E-state index contributed by atoms with van der Waals surface area (Å²) in [4.78, 5) is 20.8. The van der Waals surface area contributed by atoms with Gasteiger partial charge in [0.2, 0.25) is 5.88 Å². The summed E-state index contributed by atoms with van der Waals surface area (Å²) in [6, 6.07) is 16.3. The number of hydrogen-bond acceptors (Lipinski definition) is 6. The summed E-state index contributed by atoms with van der Waals surface area (Å²) >= 11 is 0. The van der Waals surface area contributed by atoms with E-state index in [0.717, 1.165) is 30.8 Å². The van der Waals surface area contributed by atoms with Crippen molar-refractivity contribution in [3.8, 4) is 28.6 Å².